The van der Waals surface area contributed by atoms with E-state index in [0.29, 0.717) is 18.3 Å². The first kappa shape index (κ1) is 8.21. The molecule has 3 rings (SSSR count). The molecule has 0 heterocycles. The Kier molecular flexibility index (Phi) is 1.56. The third-order valence-electron chi connectivity index (χ3n) is 4.47. The van der Waals surface area contributed by atoms with Crippen LogP contribution < -0.4 is 0 Å². The normalized spacial score (nSPS) is 64.4. The summed E-state index contributed by atoms with van der Waals surface area (Å²) >= 11 is 0. The first-order valence-electron chi connectivity index (χ1n) is 5.22. The van der Waals surface area contributed by atoms with Crippen LogP contribution in [0.25, 0.3) is 0 Å². The third-order valence-corrected chi connectivity index (χ3v) is 4.47. The van der Waals surface area contributed by atoms with Crippen molar-refractivity contribution >= 4 is 0 Å². The molecule has 0 aromatic heterocycles. The zero-order valence-corrected chi connectivity index (χ0v) is 7.50. The summed E-state index contributed by atoms with van der Waals surface area (Å²) < 4.78 is 0. The van der Waals surface area contributed by atoms with Gasteiger partial charge in [0.2, 0.25) is 0 Å². The Hall–Kier alpha value is -0.120. The highest BCUT2D eigenvalue weighted by molar-refractivity contribution is 5.09. The Bertz CT molecular complexity index is 230. The molecule has 3 fully saturated rings. The van der Waals surface area contributed by atoms with Crippen LogP contribution in [0.3, 0.4) is 0 Å². The molecule has 4 unspecified atom stereocenters. The molecule has 7 atom stereocenters. The minimum absolute atomic E-state index is 0.0622. The second kappa shape index (κ2) is 2.47. The maximum Gasteiger partial charge on any atom is 0.0599 e. The van der Waals surface area contributed by atoms with Gasteiger partial charge in [0.05, 0.1) is 18.3 Å². The Morgan fingerprint density at radius 3 is 2.08 bits per heavy atom. The number of rotatable bonds is 0. The first-order valence-corrected chi connectivity index (χ1v) is 5.22. The van der Waals surface area contributed by atoms with Gasteiger partial charge in [0.25, 0.3) is 0 Å². The van der Waals surface area contributed by atoms with Gasteiger partial charge in [-0.25, -0.2) is 0 Å². The molecule has 3 aliphatic carbocycles. The molecule has 3 heteroatoms. The van der Waals surface area contributed by atoms with Crippen molar-refractivity contribution in [2.45, 2.75) is 37.6 Å². The SMILES string of the molecule is O[C@@H]1CC2C[C@H](O)C3C[C@H](O)C1C23. The van der Waals surface area contributed by atoms with Gasteiger partial charge in [-0.1, -0.05) is 0 Å². The quantitative estimate of drug-likeness (QED) is 0.486. The van der Waals surface area contributed by atoms with Gasteiger partial charge in [-0.15, -0.1) is 0 Å². The van der Waals surface area contributed by atoms with E-state index in [1.165, 1.54) is 0 Å². The van der Waals surface area contributed by atoms with Crippen molar-refractivity contribution in [2.75, 3.05) is 0 Å². The number of hydrogen-bond acceptors (Lipinski definition) is 3. The lowest BCUT2D eigenvalue weighted by molar-refractivity contribution is 0.0401. The predicted octanol–water partition coefficient (Wildman–Crippen LogP) is -0.255. The van der Waals surface area contributed by atoms with E-state index >= 15 is 0 Å². The minimum atomic E-state index is -0.370. The maximum absolute atomic E-state index is 9.74. The molecule has 3 nitrogen and oxygen atoms in total. The van der Waals surface area contributed by atoms with Gasteiger partial charge in [0.15, 0.2) is 0 Å². The van der Waals surface area contributed by atoms with Gasteiger partial charge in [0.1, 0.15) is 0 Å². The fourth-order valence-corrected chi connectivity index (χ4v) is 4.09. The van der Waals surface area contributed by atoms with Crippen molar-refractivity contribution in [1.82, 2.24) is 0 Å². The summed E-state index contributed by atoms with van der Waals surface area (Å²) in [6.45, 7) is 0. The molecule has 0 saturated heterocycles. The van der Waals surface area contributed by atoms with E-state index in [9.17, 15) is 15.3 Å². The molecule has 74 valence electrons. The molecule has 13 heavy (non-hydrogen) atoms. The van der Waals surface area contributed by atoms with Gasteiger partial charge >= 0.3 is 0 Å². The van der Waals surface area contributed by atoms with Gasteiger partial charge < -0.3 is 15.3 Å². The van der Waals surface area contributed by atoms with Crippen LogP contribution in [0.5, 0.6) is 0 Å². The zero-order chi connectivity index (χ0) is 9.16. The molecule has 0 radical (unpaired) electrons. The molecule has 0 aliphatic heterocycles. The van der Waals surface area contributed by atoms with Crippen molar-refractivity contribution in [3.8, 4) is 0 Å². The third kappa shape index (κ3) is 0.901. The topological polar surface area (TPSA) is 60.7 Å². The summed E-state index contributed by atoms with van der Waals surface area (Å²) in [5.41, 5.74) is 0. The van der Waals surface area contributed by atoms with Crippen LogP contribution in [0.2, 0.25) is 0 Å². The summed E-state index contributed by atoms with van der Waals surface area (Å²) in [5, 5.41) is 29.2. The molecule has 0 aromatic rings. The zero-order valence-electron chi connectivity index (χ0n) is 7.50. The summed E-state index contributed by atoms with van der Waals surface area (Å²) in [6.07, 6.45) is 1.43. The molecule has 3 N–H and O–H groups in total. The summed E-state index contributed by atoms with van der Waals surface area (Å²) in [7, 11) is 0. The Labute approximate surface area is 77.4 Å². The van der Waals surface area contributed by atoms with Gasteiger partial charge in [0, 0.05) is 5.92 Å². The number of aliphatic hydroxyl groups is 3. The second-order valence-corrected chi connectivity index (χ2v) is 4.99. The molecule has 3 aliphatic rings. The summed E-state index contributed by atoms with van der Waals surface area (Å²) in [4.78, 5) is 0. The molecular weight excluding hydrogens is 168 g/mol. The van der Waals surface area contributed by atoms with Gasteiger partial charge in [-0.3, -0.25) is 0 Å². The number of aliphatic hydroxyl groups excluding tert-OH is 3. The molecule has 0 bridgehead atoms. The molecule has 0 spiro atoms. The maximum atomic E-state index is 9.74. The monoisotopic (exact) mass is 184 g/mol. The van der Waals surface area contributed by atoms with Crippen LogP contribution in [0, 0.1) is 23.7 Å². The Morgan fingerprint density at radius 1 is 0.692 bits per heavy atom. The standard InChI is InChI=1S/C10H16O3/c11-6-1-4-2-7(12)10-8(13)3-5(6)9(4)10/h4-13H,1-3H2/t4?,5?,6-,7+,8-,9?,10?/m0/s1. The fraction of sp³-hybridized carbons (Fsp3) is 1.00. The lowest BCUT2D eigenvalue weighted by Crippen LogP contribution is -2.25. The molecular formula is C10H16O3. The van der Waals surface area contributed by atoms with Crippen LogP contribution in [0.4, 0.5) is 0 Å². The smallest absolute Gasteiger partial charge is 0.0599 e. The van der Waals surface area contributed by atoms with Crippen molar-refractivity contribution in [2.24, 2.45) is 23.7 Å². The van der Waals surface area contributed by atoms with E-state index in [2.05, 4.69) is 0 Å². The fourth-order valence-electron chi connectivity index (χ4n) is 4.09. The van der Waals surface area contributed by atoms with Crippen LogP contribution in [-0.2, 0) is 0 Å². The van der Waals surface area contributed by atoms with Gasteiger partial charge in [-0.05, 0) is 37.0 Å². The average molecular weight is 184 g/mol. The first-order chi connectivity index (χ1) is 6.18. The lowest BCUT2D eigenvalue weighted by Gasteiger charge is -2.17. The van der Waals surface area contributed by atoms with Crippen molar-refractivity contribution < 1.29 is 15.3 Å². The second-order valence-electron chi connectivity index (χ2n) is 4.99. The van der Waals surface area contributed by atoms with Crippen molar-refractivity contribution in [3.05, 3.63) is 0 Å². The highest BCUT2D eigenvalue weighted by atomic mass is 16.3. The Morgan fingerprint density at radius 2 is 1.31 bits per heavy atom. The van der Waals surface area contributed by atoms with Crippen LogP contribution >= 0.6 is 0 Å². The van der Waals surface area contributed by atoms with E-state index in [4.69, 9.17) is 0 Å². The summed E-state index contributed by atoms with van der Waals surface area (Å²) in [5.74, 6) is 1.20. The average Bonchev–Trinajstić information content (AvgIpc) is 2.60. The highest BCUT2D eigenvalue weighted by Gasteiger charge is 2.59. The van der Waals surface area contributed by atoms with E-state index in [1.807, 2.05) is 0 Å². The molecule has 0 aromatic carbocycles. The van der Waals surface area contributed by atoms with Gasteiger partial charge in [-0.2, -0.15) is 0 Å². The van der Waals surface area contributed by atoms with Crippen molar-refractivity contribution in [1.29, 1.82) is 0 Å². The van der Waals surface area contributed by atoms with E-state index in [1.54, 1.807) is 0 Å². The van der Waals surface area contributed by atoms with Crippen LogP contribution in [0.1, 0.15) is 19.3 Å². The number of hydrogen-bond donors (Lipinski definition) is 3. The van der Waals surface area contributed by atoms with Crippen LogP contribution in [-0.4, -0.2) is 33.6 Å². The van der Waals surface area contributed by atoms with E-state index in [-0.39, 0.29) is 30.1 Å². The Balaban J connectivity index is 1.94. The van der Waals surface area contributed by atoms with Crippen molar-refractivity contribution in [3.63, 3.8) is 0 Å². The van der Waals surface area contributed by atoms with Crippen LogP contribution in [0.15, 0.2) is 0 Å². The van der Waals surface area contributed by atoms with E-state index in [0.717, 1.165) is 12.8 Å². The molecule has 3 saturated carbocycles. The van der Waals surface area contributed by atoms with E-state index < -0.39 is 0 Å². The minimum Gasteiger partial charge on any atom is -0.393 e. The lowest BCUT2D eigenvalue weighted by atomic mass is 9.91. The largest absolute Gasteiger partial charge is 0.393 e. The summed E-state index contributed by atoms with van der Waals surface area (Å²) in [6, 6.07) is 0. The predicted molar refractivity (Wildman–Crippen MR) is 45.8 cm³/mol. The molecule has 0 amide bonds. The highest BCUT2D eigenvalue weighted by Crippen LogP contribution is 2.58.